The van der Waals surface area contributed by atoms with Crippen molar-refractivity contribution in [3.05, 3.63) is 45.0 Å². The number of aromatic nitrogens is 2. The van der Waals surface area contributed by atoms with E-state index in [4.69, 9.17) is 22.7 Å². The van der Waals surface area contributed by atoms with Crippen molar-refractivity contribution < 1.29 is 9.53 Å². The highest BCUT2D eigenvalue weighted by Crippen LogP contribution is 2.30. The van der Waals surface area contributed by atoms with Gasteiger partial charge in [0.1, 0.15) is 12.3 Å². The molecule has 3 rings (SSSR count). The monoisotopic (exact) mass is 303 g/mol. The highest BCUT2D eigenvalue weighted by atomic mass is 32.1. The fourth-order valence-electron chi connectivity index (χ4n) is 2.42. The predicted molar refractivity (Wildman–Crippen MR) is 79.7 cm³/mol. The van der Waals surface area contributed by atoms with E-state index < -0.39 is 5.91 Å². The van der Waals surface area contributed by atoms with Gasteiger partial charge in [-0.1, -0.05) is 0 Å². The molecule has 7 heteroatoms. The number of H-pyrrole nitrogens is 1. The van der Waals surface area contributed by atoms with Crippen LogP contribution in [0, 0.1) is 4.77 Å². The first kappa shape index (κ1) is 13.6. The summed E-state index contributed by atoms with van der Waals surface area (Å²) in [5.41, 5.74) is 7.38. The van der Waals surface area contributed by atoms with E-state index in [1.54, 1.807) is 0 Å². The number of hydrogen-bond donors (Lipinski definition) is 2. The summed E-state index contributed by atoms with van der Waals surface area (Å²) >= 11 is 5.12. The average Bonchev–Trinajstić information content (AvgIpc) is 2.88. The molecule has 0 fully saturated rings. The highest BCUT2D eigenvalue weighted by Gasteiger charge is 2.15. The predicted octanol–water partition coefficient (Wildman–Crippen LogP) is 0.993. The Morgan fingerprint density at radius 1 is 1.43 bits per heavy atom. The van der Waals surface area contributed by atoms with Crippen LogP contribution in [0.2, 0.25) is 0 Å². The van der Waals surface area contributed by atoms with Crippen LogP contribution in [0.3, 0.4) is 0 Å². The van der Waals surface area contributed by atoms with E-state index in [0.29, 0.717) is 12.3 Å². The summed E-state index contributed by atoms with van der Waals surface area (Å²) < 4.78 is 7.16. The van der Waals surface area contributed by atoms with Gasteiger partial charge in [0.05, 0.1) is 12.3 Å². The van der Waals surface area contributed by atoms with Gasteiger partial charge >= 0.3 is 0 Å². The molecule has 0 unspecified atom stereocenters. The van der Waals surface area contributed by atoms with Crippen LogP contribution in [0.15, 0.2) is 29.1 Å². The molecule has 108 valence electrons. The molecule has 1 aromatic carbocycles. The van der Waals surface area contributed by atoms with Gasteiger partial charge in [-0.2, -0.15) is 0 Å². The largest absolute Gasteiger partial charge is 0.493 e. The van der Waals surface area contributed by atoms with E-state index in [9.17, 15) is 9.59 Å². The Labute approximate surface area is 125 Å². The third-order valence-electron chi connectivity index (χ3n) is 3.33. The summed E-state index contributed by atoms with van der Waals surface area (Å²) in [4.78, 5) is 25.4. The SMILES string of the molecule is NC(=O)Cn1c(-c2ccc3c(c2)CCO3)cc(=O)[nH]c1=S. The maximum Gasteiger partial charge on any atom is 0.252 e. The molecule has 2 aromatic rings. The van der Waals surface area contributed by atoms with Gasteiger partial charge in [-0.15, -0.1) is 0 Å². The molecule has 0 saturated heterocycles. The molecule has 0 radical (unpaired) electrons. The minimum Gasteiger partial charge on any atom is -0.493 e. The number of carbonyl (C=O) groups excluding carboxylic acids is 1. The maximum atomic E-state index is 11.7. The summed E-state index contributed by atoms with van der Waals surface area (Å²) in [7, 11) is 0. The Bertz CT molecular complexity index is 838. The number of nitrogens with two attached hydrogens (primary N) is 1. The van der Waals surface area contributed by atoms with Crippen LogP contribution < -0.4 is 16.0 Å². The summed E-state index contributed by atoms with van der Waals surface area (Å²) in [5.74, 6) is 0.326. The zero-order chi connectivity index (χ0) is 15.0. The molecular weight excluding hydrogens is 290 g/mol. The van der Waals surface area contributed by atoms with Gasteiger partial charge in [0.15, 0.2) is 4.77 Å². The Hall–Kier alpha value is -2.41. The van der Waals surface area contributed by atoms with E-state index >= 15 is 0 Å². The topological polar surface area (TPSA) is 90.1 Å². The Morgan fingerprint density at radius 3 is 3.00 bits per heavy atom. The number of amides is 1. The molecule has 1 aromatic heterocycles. The lowest BCUT2D eigenvalue weighted by molar-refractivity contribution is -0.118. The van der Waals surface area contributed by atoms with Crippen LogP contribution in [-0.2, 0) is 17.8 Å². The Balaban J connectivity index is 2.19. The number of fused-ring (bicyclic) bond motifs is 1. The molecule has 0 atom stereocenters. The van der Waals surface area contributed by atoms with Gasteiger partial charge in [-0.05, 0) is 41.5 Å². The molecule has 6 nitrogen and oxygen atoms in total. The fourth-order valence-corrected chi connectivity index (χ4v) is 2.68. The van der Waals surface area contributed by atoms with Crippen LogP contribution in [-0.4, -0.2) is 22.1 Å². The first-order valence-electron chi connectivity index (χ1n) is 6.43. The molecule has 1 amide bonds. The van der Waals surface area contributed by atoms with Crippen LogP contribution in [0.4, 0.5) is 0 Å². The van der Waals surface area contributed by atoms with Gasteiger partial charge < -0.3 is 15.0 Å². The normalized spacial score (nSPS) is 12.8. The smallest absolute Gasteiger partial charge is 0.252 e. The number of aromatic amines is 1. The second-order valence-corrected chi connectivity index (χ2v) is 5.18. The number of carbonyl (C=O) groups is 1. The molecule has 21 heavy (non-hydrogen) atoms. The van der Waals surface area contributed by atoms with Crippen molar-refractivity contribution in [2.75, 3.05) is 6.61 Å². The number of nitrogens with zero attached hydrogens (tertiary/aromatic N) is 1. The van der Waals surface area contributed by atoms with Crippen molar-refractivity contribution in [2.24, 2.45) is 5.73 Å². The number of primary amides is 1. The van der Waals surface area contributed by atoms with E-state index in [-0.39, 0.29) is 16.9 Å². The first-order valence-corrected chi connectivity index (χ1v) is 6.84. The van der Waals surface area contributed by atoms with Crippen LogP contribution >= 0.6 is 12.2 Å². The number of benzene rings is 1. The van der Waals surface area contributed by atoms with E-state index in [2.05, 4.69) is 4.98 Å². The van der Waals surface area contributed by atoms with Crippen molar-refractivity contribution in [1.29, 1.82) is 0 Å². The van der Waals surface area contributed by atoms with Crippen molar-refractivity contribution >= 4 is 18.1 Å². The molecule has 0 spiro atoms. The van der Waals surface area contributed by atoms with E-state index in [0.717, 1.165) is 23.3 Å². The van der Waals surface area contributed by atoms with Crippen molar-refractivity contribution in [3.8, 4) is 17.0 Å². The second-order valence-electron chi connectivity index (χ2n) is 4.80. The molecule has 0 bridgehead atoms. The maximum absolute atomic E-state index is 11.7. The van der Waals surface area contributed by atoms with Gasteiger partial charge in [0, 0.05) is 12.5 Å². The fraction of sp³-hybridized carbons (Fsp3) is 0.214. The first-order chi connectivity index (χ1) is 10.0. The minimum atomic E-state index is -0.524. The molecule has 1 aliphatic rings. The Morgan fingerprint density at radius 2 is 2.24 bits per heavy atom. The summed E-state index contributed by atoms with van der Waals surface area (Å²) in [6, 6.07) is 7.06. The van der Waals surface area contributed by atoms with E-state index in [1.807, 2.05) is 18.2 Å². The van der Waals surface area contributed by atoms with Gasteiger partial charge in [0.25, 0.3) is 5.56 Å². The van der Waals surface area contributed by atoms with Crippen molar-refractivity contribution in [2.45, 2.75) is 13.0 Å². The van der Waals surface area contributed by atoms with Crippen LogP contribution in [0.1, 0.15) is 5.56 Å². The van der Waals surface area contributed by atoms with E-state index in [1.165, 1.54) is 10.6 Å². The molecule has 0 saturated carbocycles. The number of hydrogen-bond acceptors (Lipinski definition) is 4. The van der Waals surface area contributed by atoms with Gasteiger partial charge in [-0.25, -0.2) is 0 Å². The quantitative estimate of drug-likeness (QED) is 0.828. The lowest BCUT2D eigenvalue weighted by Gasteiger charge is -2.12. The third-order valence-corrected chi connectivity index (χ3v) is 3.66. The van der Waals surface area contributed by atoms with Gasteiger partial charge in [0.2, 0.25) is 5.91 Å². The number of nitrogens with one attached hydrogen (secondary N) is 1. The summed E-state index contributed by atoms with van der Waals surface area (Å²) in [5, 5.41) is 0. The molecule has 1 aliphatic heterocycles. The third kappa shape index (κ3) is 2.59. The molecule has 2 heterocycles. The summed E-state index contributed by atoms with van der Waals surface area (Å²) in [6.45, 7) is 0.570. The van der Waals surface area contributed by atoms with Gasteiger partial charge in [-0.3, -0.25) is 14.6 Å². The number of ether oxygens (including phenoxy) is 1. The minimum absolute atomic E-state index is 0.0848. The van der Waals surface area contributed by atoms with Crippen LogP contribution in [0.25, 0.3) is 11.3 Å². The Kier molecular flexibility index (Phi) is 3.34. The standard InChI is InChI=1S/C14H13N3O3S/c15-12(18)7-17-10(6-13(19)16-14(17)21)8-1-2-11-9(5-8)3-4-20-11/h1-2,5-6H,3-4,7H2,(H2,15,18)(H,16,19,21). The van der Waals surface area contributed by atoms with Crippen LogP contribution in [0.5, 0.6) is 5.75 Å². The van der Waals surface area contributed by atoms with Crippen molar-refractivity contribution in [1.82, 2.24) is 9.55 Å². The van der Waals surface area contributed by atoms with Crippen molar-refractivity contribution in [3.63, 3.8) is 0 Å². The lowest BCUT2D eigenvalue weighted by Crippen LogP contribution is -2.23. The molecule has 0 aliphatic carbocycles. The average molecular weight is 303 g/mol. The summed E-state index contributed by atoms with van der Waals surface area (Å²) in [6.07, 6.45) is 0.822. The second kappa shape index (κ2) is 5.17. The zero-order valence-electron chi connectivity index (χ0n) is 11.1. The number of rotatable bonds is 3. The lowest BCUT2D eigenvalue weighted by atomic mass is 10.1. The zero-order valence-corrected chi connectivity index (χ0v) is 11.9. The molecule has 3 N–H and O–H groups in total. The highest BCUT2D eigenvalue weighted by molar-refractivity contribution is 7.71. The molecular formula is C14H13N3O3S.